The summed E-state index contributed by atoms with van der Waals surface area (Å²) in [6.07, 6.45) is 5.02. The van der Waals surface area contributed by atoms with E-state index in [9.17, 15) is 9.90 Å². The number of phenols is 1. The van der Waals surface area contributed by atoms with Crippen LogP contribution in [0.25, 0.3) is 6.08 Å². The molecule has 0 spiro atoms. The molecule has 166 valence electrons. The van der Waals surface area contributed by atoms with Gasteiger partial charge in [-0.2, -0.15) is 0 Å². The molecule has 1 N–H and O–H groups in total. The van der Waals surface area contributed by atoms with Crippen molar-refractivity contribution in [1.29, 1.82) is 0 Å². The van der Waals surface area contributed by atoms with Gasteiger partial charge in [-0.25, -0.2) is 0 Å². The Morgan fingerprint density at radius 2 is 1.71 bits per heavy atom. The maximum Gasteiger partial charge on any atom is 0.193 e. The number of carbonyl (C=O) groups excluding carboxylic acids is 1. The maximum atomic E-state index is 13.1. The average molecular weight is 425 g/mol. The fourth-order valence-electron chi connectivity index (χ4n) is 4.04. The second-order valence-electron chi connectivity index (χ2n) is 8.18. The highest BCUT2D eigenvalue weighted by atomic mass is 16.5. The third-order valence-corrected chi connectivity index (χ3v) is 5.92. The summed E-state index contributed by atoms with van der Waals surface area (Å²) in [6.45, 7) is 1.87. The number of phenolic OH excluding ortho intramolecular Hbond substituents is 1. The summed E-state index contributed by atoms with van der Waals surface area (Å²) in [5, 5.41) is 11.2. The van der Waals surface area contributed by atoms with E-state index in [0.29, 0.717) is 17.1 Å². The highest BCUT2D eigenvalue weighted by molar-refractivity contribution is 6.11. The Hall–Kier alpha value is -2.99. The summed E-state index contributed by atoms with van der Waals surface area (Å²) in [6, 6.07) is 9.60. The Labute approximate surface area is 184 Å². The molecule has 0 saturated carbocycles. The van der Waals surface area contributed by atoms with E-state index in [2.05, 4.69) is 11.9 Å². The number of ether oxygens (including phenoxy) is 2. The van der Waals surface area contributed by atoms with Gasteiger partial charge in [-0.15, -0.1) is 0 Å². The first-order valence-electron chi connectivity index (χ1n) is 10.5. The number of methoxy groups -OCH3 is 2. The lowest BCUT2D eigenvalue weighted by Gasteiger charge is -2.31. The van der Waals surface area contributed by atoms with E-state index >= 15 is 0 Å². The number of allylic oxidation sites excluding steroid dienone is 1. The van der Waals surface area contributed by atoms with E-state index in [-0.39, 0.29) is 23.0 Å². The van der Waals surface area contributed by atoms with Gasteiger partial charge in [-0.3, -0.25) is 4.79 Å². The van der Waals surface area contributed by atoms with Crippen LogP contribution < -0.4 is 14.4 Å². The van der Waals surface area contributed by atoms with Gasteiger partial charge in [0.05, 0.1) is 14.2 Å². The van der Waals surface area contributed by atoms with Gasteiger partial charge in [0.25, 0.3) is 0 Å². The zero-order chi connectivity index (χ0) is 22.5. The molecule has 0 radical (unpaired) electrons. The molecule has 1 aliphatic rings. The molecule has 1 saturated heterocycles. The summed E-state index contributed by atoms with van der Waals surface area (Å²) >= 11 is 0. The standard InChI is InChI=1S/C25H32N2O4/c1-26(2)19-9-6-17(7-10-19)8-11-20(28)24-22(31-5)16-21(30-4)23(25(24)29)18-12-14-27(3)15-13-18/h6-11,16,18,29H,12-15H2,1-5H3/b11-8+. The maximum absolute atomic E-state index is 13.1. The second-order valence-corrected chi connectivity index (χ2v) is 8.18. The van der Waals surface area contributed by atoms with Gasteiger partial charge in [0.15, 0.2) is 5.78 Å². The third-order valence-electron chi connectivity index (χ3n) is 5.92. The molecule has 0 atom stereocenters. The van der Waals surface area contributed by atoms with Gasteiger partial charge in [-0.05, 0) is 62.7 Å². The SMILES string of the molecule is COc1cc(OC)c(C2CCN(C)CC2)c(O)c1C(=O)/C=C/c1ccc(N(C)C)cc1. The predicted molar refractivity (Wildman–Crippen MR) is 125 cm³/mol. The number of hydrogen-bond donors (Lipinski definition) is 1. The van der Waals surface area contributed by atoms with Gasteiger partial charge >= 0.3 is 0 Å². The Kier molecular flexibility index (Phi) is 7.23. The number of rotatable bonds is 7. The highest BCUT2D eigenvalue weighted by Crippen LogP contribution is 2.45. The highest BCUT2D eigenvalue weighted by Gasteiger charge is 2.29. The number of aromatic hydroxyl groups is 1. The molecule has 6 heteroatoms. The van der Waals surface area contributed by atoms with Gasteiger partial charge in [0.2, 0.25) is 0 Å². The molecule has 0 bridgehead atoms. The first-order chi connectivity index (χ1) is 14.8. The molecule has 6 nitrogen and oxygen atoms in total. The fourth-order valence-corrected chi connectivity index (χ4v) is 4.04. The Bertz CT molecular complexity index is 943. The number of carbonyl (C=O) groups is 1. The predicted octanol–water partition coefficient (Wildman–Crippen LogP) is 4.18. The normalized spacial score (nSPS) is 15.3. The van der Waals surface area contributed by atoms with Crippen LogP contribution in [0.15, 0.2) is 36.4 Å². The minimum absolute atomic E-state index is 0.0386. The van der Waals surface area contributed by atoms with Crippen molar-refractivity contribution in [2.75, 3.05) is 53.4 Å². The molecule has 3 rings (SSSR count). The molecule has 0 amide bonds. The van der Waals surface area contributed by atoms with Crippen LogP contribution in [0.4, 0.5) is 5.69 Å². The van der Waals surface area contributed by atoms with Crippen LogP contribution in [0.2, 0.25) is 0 Å². The second kappa shape index (κ2) is 9.88. The number of anilines is 1. The smallest absolute Gasteiger partial charge is 0.193 e. The summed E-state index contributed by atoms with van der Waals surface area (Å²) in [5.41, 5.74) is 2.86. The first-order valence-corrected chi connectivity index (χ1v) is 10.5. The van der Waals surface area contributed by atoms with E-state index in [1.807, 2.05) is 43.3 Å². The summed E-state index contributed by atoms with van der Waals surface area (Å²) in [5.74, 6) is 0.657. The van der Waals surface area contributed by atoms with Crippen molar-refractivity contribution in [2.45, 2.75) is 18.8 Å². The fraction of sp³-hybridized carbons (Fsp3) is 0.400. The number of benzene rings is 2. The van der Waals surface area contributed by atoms with Crippen molar-refractivity contribution in [2.24, 2.45) is 0 Å². The number of nitrogens with zero attached hydrogens (tertiary/aromatic N) is 2. The summed E-state index contributed by atoms with van der Waals surface area (Å²) < 4.78 is 11.0. The Morgan fingerprint density at radius 3 is 2.26 bits per heavy atom. The number of ketones is 1. The lowest BCUT2D eigenvalue weighted by atomic mass is 9.86. The van der Waals surface area contributed by atoms with Crippen LogP contribution in [0.3, 0.4) is 0 Å². The van der Waals surface area contributed by atoms with Crippen molar-refractivity contribution in [3.05, 3.63) is 53.1 Å². The minimum atomic E-state index is -0.303. The van der Waals surface area contributed by atoms with Crippen molar-refractivity contribution in [3.63, 3.8) is 0 Å². The Balaban J connectivity index is 1.95. The molecule has 1 aliphatic heterocycles. The molecule has 31 heavy (non-hydrogen) atoms. The van der Waals surface area contributed by atoms with E-state index in [1.54, 1.807) is 19.3 Å². The van der Waals surface area contributed by atoms with Crippen LogP contribution in [0.5, 0.6) is 17.2 Å². The molecule has 0 aliphatic carbocycles. The number of hydrogen-bond acceptors (Lipinski definition) is 6. The van der Waals surface area contributed by atoms with Crippen molar-refractivity contribution >= 4 is 17.5 Å². The van der Waals surface area contributed by atoms with Crippen molar-refractivity contribution in [1.82, 2.24) is 4.90 Å². The van der Waals surface area contributed by atoms with Gasteiger partial charge in [0, 0.05) is 31.4 Å². The van der Waals surface area contributed by atoms with Crippen LogP contribution in [0, 0.1) is 0 Å². The van der Waals surface area contributed by atoms with Gasteiger partial charge < -0.3 is 24.4 Å². The number of likely N-dealkylation sites (tertiary alicyclic amines) is 1. The van der Waals surface area contributed by atoms with Crippen molar-refractivity contribution < 1.29 is 19.4 Å². The van der Waals surface area contributed by atoms with E-state index in [4.69, 9.17) is 9.47 Å². The molecular weight excluding hydrogens is 392 g/mol. The molecule has 0 unspecified atom stereocenters. The molecule has 0 aromatic heterocycles. The minimum Gasteiger partial charge on any atom is -0.507 e. The first kappa shape index (κ1) is 22.7. The molecule has 1 heterocycles. The quantitative estimate of drug-likeness (QED) is 0.531. The van der Waals surface area contributed by atoms with Crippen LogP contribution in [-0.4, -0.2) is 64.2 Å². The van der Waals surface area contributed by atoms with E-state index in [0.717, 1.165) is 37.2 Å². The zero-order valence-corrected chi connectivity index (χ0v) is 19.0. The molecule has 1 fully saturated rings. The van der Waals surface area contributed by atoms with Gasteiger partial charge in [-0.1, -0.05) is 18.2 Å². The molecular formula is C25H32N2O4. The summed E-state index contributed by atoms with van der Waals surface area (Å²) in [7, 11) is 9.12. The molecule has 2 aromatic carbocycles. The lowest BCUT2D eigenvalue weighted by molar-refractivity contribution is 0.104. The van der Waals surface area contributed by atoms with Crippen LogP contribution >= 0.6 is 0 Å². The third kappa shape index (κ3) is 5.02. The largest absolute Gasteiger partial charge is 0.507 e. The topological polar surface area (TPSA) is 62.2 Å². The van der Waals surface area contributed by atoms with E-state index in [1.165, 1.54) is 13.2 Å². The van der Waals surface area contributed by atoms with Crippen LogP contribution in [-0.2, 0) is 0 Å². The lowest BCUT2D eigenvalue weighted by Crippen LogP contribution is -2.29. The molecule has 2 aromatic rings. The van der Waals surface area contributed by atoms with Crippen LogP contribution in [0.1, 0.15) is 40.2 Å². The number of piperidine rings is 1. The zero-order valence-electron chi connectivity index (χ0n) is 19.0. The van der Waals surface area contributed by atoms with E-state index < -0.39 is 0 Å². The average Bonchev–Trinajstić information content (AvgIpc) is 2.77. The van der Waals surface area contributed by atoms with Gasteiger partial charge in [0.1, 0.15) is 22.8 Å². The Morgan fingerprint density at radius 1 is 1.10 bits per heavy atom. The monoisotopic (exact) mass is 424 g/mol. The summed E-state index contributed by atoms with van der Waals surface area (Å²) in [4.78, 5) is 17.4. The van der Waals surface area contributed by atoms with Crippen molar-refractivity contribution in [3.8, 4) is 17.2 Å².